The van der Waals surface area contributed by atoms with Crippen LogP contribution >= 0.6 is 0 Å². The third-order valence-corrected chi connectivity index (χ3v) is 4.24. The average molecular weight is 327 g/mol. The van der Waals surface area contributed by atoms with Crippen LogP contribution in [0.15, 0.2) is 30.7 Å². The van der Waals surface area contributed by atoms with Crippen LogP contribution in [0.5, 0.6) is 0 Å². The number of nitrogens with zero attached hydrogens (tertiary/aromatic N) is 2. The minimum absolute atomic E-state index is 0.275. The van der Waals surface area contributed by atoms with Crippen molar-refractivity contribution in [2.24, 2.45) is 0 Å². The molecular weight excluding hydrogens is 302 g/mol. The minimum atomic E-state index is 0.275. The first-order valence-corrected chi connectivity index (χ1v) is 8.61. The molecule has 5 nitrogen and oxygen atoms in total. The average Bonchev–Trinajstić information content (AvgIpc) is 2.55. The number of hydrogen-bond donors (Lipinski definition) is 1. The van der Waals surface area contributed by atoms with E-state index < -0.39 is 0 Å². The normalized spacial score (nSPS) is 24.4. The van der Waals surface area contributed by atoms with Crippen LogP contribution < -0.4 is 5.32 Å². The molecule has 1 aromatic carbocycles. The van der Waals surface area contributed by atoms with Gasteiger partial charge in [0.1, 0.15) is 0 Å². The van der Waals surface area contributed by atoms with Crippen LogP contribution in [0, 0.1) is 0 Å². The molecule has 0 bridgehead atoms. The Morgan fingerprint density at radius 2 is 2.08 bits per heavy atom. The summed E-state index contributed by atoms with van der Waals surface area (Å²) in [6.45, 7) is 6.90. The summed E-state index contributed by atoms with van der Waals surface area (Å²) in [5.41, 5.74) is 3.00. The molecule has 0 saturated carbocycles. The minimum Gasteiger partial charge on any atom is -0.501 e. The fourth-order valence-electron chi connectivity index (χ4n) is 3.26. The van der Waals surface area contributed by atoms with Gasteiger partial charge in [-0.1, -0.05) is 6.07 Å². The van der Waals surface area contributed by atoms with E-state index in [1.54, 1.807) is 6.26 Å². The summed E-state index contributed by atoms with van der Waals surface area (Å²) in [6.07, 6.45) is 8.05. The molecule has 5 heteroatoms. The van der Waals surface area contributed by atoms with Crippen molar-refractivity contribution in [3.63, 3.8) is 0 Å². The van der Waals surface area contributed by atoms with Gasteiger partial charge in [-0.25, -0.2) is 0 Å². The van der Waals surface area contributed by atoms with Crippen molar-refractivity contribution in [3.05, 3.63) is 36.2 Å². The summed E-state index contributed by atoms with van der Waals surface area (Å²) < 4.78 is 11.1. The van der Waals surface area contributed by atoms with Crippen LogP contribution in [0.25, 0.3) is 17.0 Å². The van der Waals surface area contributed by atoms with Gasteiger partial charge in [-0.15, -0.1) is 0 Å². The maximum absolute atomic E-state index is 5.82. The molecule has 1 N–H and O–H groups in total. The molecule has 1 fully saturated rings. The molecule has 24 heavy (non-hydrogen) atoms. The van der Waals surface area contributed by atoms with Crippen molar-refractivity contribution in [1.29, 1.82) is 0 Å². The molecule has 0 amide bonds. The number of nitrogens with one attached hydrogen (secondary N) is 1. The fourth-order valence-corrected chi connectivity index (χ4v) is 3.26. The molecule has 0 radical (unpaired) electrons. The summed E-state index contributed by atoms with van der Waals surface area (Å²) in [4.78, 5) is 0. The van der Waals surface area contributed by atoms with Gasteiger partial charge < -0.3 is 14.8 Å². The van der Waals surface area contributed by atoms with Crippen molar-refractivity contribution in [3.8, 4) is 0 Å². The molecule has 0 aliphatic carbocycles. The first-order chi connectivity index (χ1) is 11.7. The van der Waals surface area contributed by atoms with E-state index in [1.165, 1.54) is 0 Å². The Hall–Kier alpha value is -2.14. The predicted molar refractivity (Wildman–Crippen MR) is 96.9 cm³/mol. The Balaban J connectivity index is 1.85. The van der Waals surface area contributed by atoms with Crippen LogP contribution in [-0.4, -0.2) is 35.1 Å². The van der Waals surface area contributed by atoms with Gasteiger partial charge in [0.05, 0.1) is 42.5 Å². The molecule has 2 aromatic rings. The third kappa shape index (κ3) is 4.03. The Labute approximate surface area is 143 Å². The number of anilines is 1. The van der Waals surface area contributed by atoms with Gasteiger partial charge in [0.25, 0.3) is 0 Å². The zero-order valence-corrected chi connectivity index (χ0v) is 14.5. The number of benzene rings is 1. The number of rotatable bonds is 5. The van der Waals surface area contributed by atoms with Crippen molar-refractivity contribution in [2.45, 2.75) is 51.9 Å². The Morgan fingerprint density at radius 1 is 1.29 bits per heavy atom. The molecule has 2 heterocycles. The standard InChI is InChI=1S/C19H25N3O2/c1-4-23-8-7-15-5-6-18-17(11-15)19(12-20-22-18)21-16-9-13(2)24-14(3)10-16/h5-8,11-14,16H,4,9-10H2,1-3H3,(H,21,22)/b8-7+. The van der Waals surface area contributed by atoms with E-state index in [4.69, 9.17) is 9.47 Å². The van der Waals surface area contributed by atoms with E-state index in [1.807, 2.05) is 31.3 Å². The summed E-state index contributed by atoms with van der Waals surface area (Å²) in [6, 6.07) is 6.52. The highest BCUT2D eigenvalue weighted by atomic mass is 16.5. The molecule has 2 unspecified atom stereocenters. The maximum atomic E-state index is 5.82. The lowest BCUT2D eigenvalue weighted by atomic mass is 9.99. The largest absolute Gasteiger partial charge is 0.501 e. The maximum Gasteiger partial charge on any atom is 0.0950 e. The highest BCUT2D eigenvalue weighted by Gasteiger charge is 2.24. The van der Waals surface area contributed by atoms with Gasteiger partial charge in [0, 0.05) is 11.4 Å². The van der Waals surface area contributed by atoms with Crippen LogP contribution in [0.3, 0.4) is 0 Å². The van der Waals surface area contributed by atoms with Crippen molar-refractivity contribution in [1.82, 2.24) is 10.2 Å². The monoisotopic (exact) mass is 327 g/mol. The highest BCUT2D eigenvalue weighted by Crippen LogP contribution is 2.27. The van der Waals surface area contributed by atoms with E-state index in [2.05, 4.69) is 35.4 Å². The van der Waals surface area contributed by atoms with Crippen LogP contribution in [0.1, 0.15) is 39.2 Å². The van der Waals surface area contributed by atoms with E-state index in [0.717, 1.165) is 35.0 Å². The van der Waals surface area contributed by atoms with Gasteiger partial charge in [-0.3, -0.25) is 0 Å². The third-order valence-electron chi connectivity index (χ3n) is 4.24. The molecule has 1 aliphatic rings. The van der Waals surface area contributed by atoms with Crippen molar-refractivity contribution in [2.75, 3.05) is 11.9 Å². The van der Waals surface area contributed by atoms with E-state index >= 15 is 0 Å². The van der Waals surface area contributed by atoms with E-state index in [9.17, 15) is 0 Å². The lowest BCUT2D eigenvalue weighted by Crippen LogP contribution is -2.36. The first-order valence-electron chi connectivity index (χ1n) is 8.61. The van der Waals surface area contributed by atoms with Gasteiger partial charge in [0.15, 0.2) is 0 Å². The Kier molecular flexibility index (Phi) is 5.30. The van der Waals surface area contributed by atoms with Crippen LogP contribution in [0.4, 0.5) is 5.69 Å². The van der Waals surface area contributed by atoms with Crippen molar-refractivity contribution < 1.29 is 9.47 Å². The molecule has 2 atom stereocenters. The quantitative estimate of drug-likeness (QED) is 0.841. The second-order valence-electron chi connectivity index (χ2n) is 6.36. The topological polar surface area (TPSA) is 56.3 Å². The second-order valence-corrected chi connectivity index (χ2v) is 6.36. The number of aromatic nitrogens is 2. The lowest BCUT2D eigenvalue weighted by Gasteiger charge is -2.33. The lowest BCUT2D eigenvalue weighted by molar-refractivity contribution is -0.0337. The summed E-state index contributed by atoms with van der Waals surface area (Å²) >= 11 is 0. The van der Waals surface area contributed by atoms with Crippen molar-refractivity contribution >= 4 is 22.7 Å². The number of fused-ring (bicyclic) bond motifs is 1. The van der Waals surface area contributed by atoms with Gasteiger partial charge in [-0.05, 0) is 57.4 Å². The number of hydrogen-bond acceptors (Lipinski definition) is 5. The summed E-state index contributed by atoms with van der Waals surface area (Å²) in [5.74, 6) is 0. The van der Waals surface area contributed by atoms with Gasteiger partial charge in [0.2, 0.25) is 0 Å². The molecular formula is C19H25N3O2. The highest BCUT2D eigenvalue weighted by molar-refractivity contribution is 5.92. The molecule has 128 valence electrons. The zero-order valence-electron chi connectivity index (χ0n) is 14.5. The zero-order chi connectivity index (χ0) is 16.9. The van der Waals surface area contributed by atoms with Gasteiger partial charge in [-0.2, -0.15) is 10.2 Å². The second kappa shape index (κ2) is 7.62. The van der Waals surface area contributed by atoms with Gasteiger partial charge >= 0.3 is 0 Å². The molecule has 0 spiro atoms. The molecule has 1 aromatic heterocycles. The smallest absolute Gasteiger partial charge is 0.0950 e. The fraction of sp³-hybridized carbons (Fsp3) is 0.474. The summed E-state index contributed by atoms with van der Waals surface area (Å²) in [7, 11) is 0. The summed E-state index contributed by atoms with van der Waals surface area (Å²) in [5, 5.41) is 13.1. The van der Waals surface area contributed by atoms with Crippen LogP contribution in [-0.2, 0) is 9.47 Å². The predicted octanol–water partition coefficient (Wildman–Crippen LogP) is 4.00. The Bertz CT molecular complexity index is 707. The van der Waals surface area contributed by atoms with E-state index in [-0.39, 0.29) is 12.2 Å². The SMILES string of the molecule is CCO/C=C/c1ccc2nncc(NC3CC(C)OC(C)C3)c2c1. The van der Waals surface area contributed by atoms with E-state index in [0.29, 0.717) is 12.6 Å². The molecule has 1 saturated heterocycles. The molecule has 3 rings (SSSR count). The molecule has 1 aliphatic heterocycles. The number of ether oxygens (including phenoxy) is 2. The Morgan fingerprint density at radius 3 is 2.83 bits per heavy atom. The first kappa shape index (κ1) is 16.7. The van der Waals surface area contributed by atoms with Crippen LogP contribution in [0.2, 0.25) is 0 Å².